The highest BCUT2D eigenvalue weighted by Gasteiger charge is 2.59. The van der Waals surface area contributed by atoms with Crippen LogP contribution >= 0.6 is 0 Å². The van der Waals surface area contributed by atoms with Crippen molar-refractivity contribution in [3.05, 3.63) is 199 Å². The molecule has 4 N–H and O–H groups in total. The van der Waals surface area contributed by atoms with Crippen LogP contribution in [0.15, 0.2) is 142 Å². The normalized spacial score (nSPS) is 27.7. The number of hydrogen-bond acceptors (Lipinski definition) is 12. The number of allylic oxidation sites excluding steroid dienone is 1. The van der Waals surface area contributed by atoms with Gasteiger partial charge < -0.3 is 43.8 Å². The van der Waals surface area contributed by atoms with Crippen LogP contribution in [-0.4, -0.2) is 70.7 Å². The SMILES string of the molecule is CC(CO)=C1CCc2ccc(cc2)C2CCC(c3cccc(C4(c5ccccc5)CCCCC4)c3)CC2CC(=O)OC2c3c(ccc4c(CO)c(C(CCO)COCO)c(=O)oc34)OC(C)(C3CC4C=Cc5ccccc5C4C3)C2OC1=O. The summed E-state index contributed by atoms with van der Waals surface area (Å²) in [5, 5.41) is 42.1. The Morgan fingerprint density at radius 1 is 0.771 bits per heavy atom. The first-order valence-corrected chi connectivity index (χ1v) is 30.4. The van der Waals surface area contributed by atoms with E-state index >= 15 is 9.59 Å². The molecule has 0 spiro atoms. The quantitative estimate of drug-likeness (QED) is 0.0394. The molecule has 0 amide bonds. The van der Waals surface area contributed by atoms with Gasteiger partial charge in [-0.1, -0.05) is 135 Å². The molecule has 10 unspecified atom stereocenters. The van der Waals surface area contributed by atoms with E-state index in [0.29, 0.717) is 35.8 Å². The monoisotopic (exact) mass is 1120 g/mol. The minimum absolute atomic E-state index is 0.00181. The average Bonchev–Trinajstić information content (AvgIpc) is 2.34. The van der Waals surface area contributed by atoms with E-state index in [2.05, 4.69) is 109 Å². The zero-order valence-electron chi connectivity index (χ0n) is 47.8. The molecule has 3 saturated carbocycles. The fourth-order valence-electron chi connectivity index (χ4n) is 16.0. The molecule has 1 aromatic heterocycles. The van der Waals surface area contributed by atoms with Crippen LogP contribution in [0.2, 0.25) is 0 Å². The van der Waals surface area contributed by atoms with Crippen LogP contribution in [0.1, 0.15) is 183 Å². The summed E-state index contributed by atoms with van der Waals surface area (Å²) >= 11 is 0. The van der Waals surface area contributed by atoms with Crippen molar-refractivity contribution in [1.29, 1.82) is 0 Å². The Bertz CT molecular complexity index is 3460. The smallest absolute Gasteiger partial charge is 0.340 e. The van der Waals surface area contributed by atoms with Gasteiger partial charge in [0.25, 0.3) is 0 Å². The van der Waals surface area contributed by atoms with E-state index in [1.54, 1.807) is 19.1 Å². The number of ether oxygens (including phenoxy) is 4. The summed E-state index contributed by atoms with van der Waals surface area (Å²) in [5.41, 5.74) is 7.58. The van der Waals surface area contributed by atoms with Crippen molar-refractivity contribution in [2.45, 2.75) is 157 Å². The molecule has 12 nitrogen and oxygen atoms in total. The Labute approximate surface area is 486 Å². The Morgan fingerprint density at radius 2 is 1.55 bits per heavy atom. The molecule has 12 heteroatoms. The fourth-order valence-corrected chi connectivity index (χ4v) is 16.0. The van der Waals surface area contributed by atoms with Gasteiger partial charge in [-0.2, -0.15) is 0 Å². The minimum Gasteiger partial charge on any atom is -0.483 e. The minimum atomic E-state index is -1.39. The topological polar surface area (TPSA) is 182 Å². The van der Waals surface area contributed by atoms with Gasteiger partial charge in [0.1, 0.15) is 23.7 Å². The van der Waals surface area contributed by atoms with E-state index in [1.807, 2.05) is 13.0 Å². The number of rotatable bonds is 12. The number of aryl methyl sites for hydroxylation is 1. The second kappa shape index (κ2) is 24.1. The Morgan fingerprint density at radius 3 is 2.33 bits per heavy atom. The van der Waals surface area contributed by atoms with Gasteiger partial charge in [0.05, 0.1) is 25.4 Å². The third-order valence-corrected chi connectivity index (χ3v) is 20.4. The zero-order valence-corrected chi connectivity index (χ0v) is 47.8. The maximum absolute atomic E-state index is 15.7. The standard InChI is InChI=1S/C71H78O12/c1-43(39-73)55-26-20-44-18-21-46(22-19-44)56-27-25-48(47-13-11-16-53(35-47)71(31-9-4-10-32-71)52-14-5-3-6-15-52)34-51(56)37-62(76)80-66-64-61(29-28-58-60(40-74)63(69(78)81-65(58)64)50(30-33-72)41-79-42-75)83-70(2,67(66)82-68(55)77)54-36-49-24-23-45-12-7-8-17-57(45)59(49)38-54/h3,5-8,11-19,21-24,28-29,35,48-51,54,56,59,66-67,72-75H,4,9-10,20,25-27,30-34,36-42H2,1-2H3. The van der Waals surface area contributed by atoms with E-state index < -0.39 is 54.7 Å². The molecule has 13 rings (SSSR count). The molecular weight excluding hydrogens is 1040 g/mol. The Kier molecular flexibility index (Phi) is 16.5. The number of aliphatic hydroxyl groups is 4. The average molecular weight is 1120 g/mol. The molecule has 6 aromatic rings. The van der Waals surface area contributed by atoms with Crippen molar-refractivity contribution in [3.8, 4) is 5.75 Å². The van der Waals surface area contributed by atoms with Gasteiger partial charge >= 0.3 is 17.6 Å². The van der Waals surface area contributed by atoms with E-state index in [4.69, 9.17) is 23.4 Å². The highest BCUT2D eigenvalue weighted by molar-refractivity contribution is 5.90. The molecule has 0 saturated heterocycles. The molecule has 0 radical (unpaired) electrons. The lowest BCUT2D eigenvalue weighted by atomic mass is 9.64. The van der Waals surface area contributed by atoms with Crippen LogP contribution in [0.3, 0.4) is 0 Å². The molecule has 7 aliphatic rings. The molecule has 3 aliphatic heterocycles. The van der Waals surface area contributed by atoms with Crippen molar-refractivity contribution in [1.82, 2.24) is 0 Å². The summed E-state index contributed by atoms with van der Waals surface area (Å²) in [4.78, 5) is 45.7. The van der Waals surface area contributed by atoms with Crippen LogP contribution < -0.4 is 10.4 Å². The van der Waals surface area contributed by atoms with E-state index in [-0.39, 0.29) is 108 Å². The predicted molar refractivity (Wildman–Crippen MR) is 317 cm³/mol. The summed E-state index contributed by atoms with van der Waals surface area (Å²) in [6, 6.07) is 40.7. The molecular formula is C71H78O12. The molecule has 10 atom stereocenters. The van der Waals surface area contributed by atoms with E-state index in [0.717, 1.165) is 48.8 Å². The molecule has 5 aromatic carbocycles. The summed E-state index contributed by atoms with van der Waals surface area (Å²) in [6.07, 6.45) is 12.3. The maximum Gasteiger partial charge on any atom is 0.340 e. The van der Waals surface area contributed by atoms with Gasteiger partial charge in [-0.25, -0.2) is 9.59 Å². The van der Waals surface area contributed by atoms with Gasteiger partial charge in [-0.15, -0.1) is 0 Å². The van der Waals surface area contributed by atoms with E-state index in [9.17, 15) is 25.2 Å². The number of fused-ring (bicyclic) bond motifs is 14. The first-order chi connectivity index (χ1) is 40.4. The van der Waals surface area contributed by atoms with Gasteiger partial charge in [-0.3, -0.25) is 4.79 Å². The summed E-state index contributed by atoms with van der Waals surface area (Å²) in [6.45, 7) is 1.62. The molecule has 2 bridgehead atoms. The molecule has 83 heavy (non-hydrogen) atoms. The number of aliphatic hydroxyl groups excluding tert-OH is 4. The highest BCUT2D eigenvalue weighted by Crippen LogP contribution is 2.58. The molecule has 3 fully saturated rings. The number of carbonyl (C=O) groups is 2. The number of carbonyl (C=O) groups excluding carboxylic acids is 2. The summed E-state index contributed by atoms with van der Waals surface area (Å²) in [7, 11) is 0. The van der Waals surface area contributed by atoms with Crippen molar-refractivity contribution in [2.75, 3.05) is 26.6 Å². The van der Waals surface area contributed by atoms with Crippen LogP contribution in [0.25, 0.3) is 17.0 Å². The molecule has 434 valence electrons. The fraction of sp³-hybridized carbons (Fsp3) is 0.451. The first-order valence-electron chi connectivity index (χ1n) is 30.4. The maximum atomic E-state index is 15.7. The van der Waals surface area contributed by atoms with Crippen molar-refractivity contribution in [3.63, 3.8) is 0 Å². The third kappa shape index (κ3) is 10.7. The third-order valence-electron chi connectivity index (χ3n) is 20.4. The van der Waals surface area contributed by atoms with Crippen molar-refractivity contribution in [2.24, 2.45) is 17.8 Å². The lowest BCUT2D eigenvalue weighted by molar-refractivity contribution is -0.199. The second-order valence-corrected chi connectivity index (χ2v) is 24.8. The highest BCUT2D eigenvalue weighted by atomic mass is 16.6. The molecule has 4 aliphatic carbocycles. The number of hydrogen-bond donors (Lipinski definition) is 4. The summed E-state index contributed by atoms with van der Waals surface area (Å²) < 4.78 is 33.2. The second-order valence-electron chi connectivity index (χ2n) is 24.8. The van der Waals surface area contributed by atoms with Crippen LogP contribution in [-0.2, 0) is 42.2 Å². The molecule has 4 heterocycles. The van der Waals surface area contributed by atoms with E-state index in [1.165, 1.54) is 41.5 Å². The first kappa shape index (κ1) is 56.8. The van der Waals surface area contributed by atoms with Crippen molar-refractivity contribution >= 4 is 29.0 Å². The number of benzene rings is 5. The largest absolute Gasteiger partial charge is 0.483 e. The Balaban J connectivity index is 0.990. The number of esters is 2. The lowest BCUT2D eigenvalue weighted by Crippen LogP contribution is -2.58. The lowest BCUT2D eigenvalue weighted by Gasteiger charge is -2.48. The van der Waals surface area contributed by atoms with Gasteiger partial charge in [0.2, 0.25) is 0 Å². The van der Waals surface area contributed by atoms with Gasteiger partial charge in [0.15, 0.2) is 12.2 Å². The van der Waals surface area contributed by atoms with Crippen LogP contribution in [0.4, 0.5) is 0 Å². The van der Waals surface area contributed by atoms with Crippen molar-refractivity contribution < 1.29 is 53.4 Å². The predicted octanol–water partition coefficient (Wildman–Crippen LogP) is 12.5. The Hall–Kier alpha value is -6.67. The van der Waals surface area contributed by atoms with Gasteiger partial charge in [0, 0.05) is 46.8 Å². The van der Waals surface area contributed by atoms with Gasteiger partial charge in [-0.05, 0) is 170 Å². The van der Waals surface area contributed by atoms with Crippen LogP contribution in [0.5, 0.6) is 5.75 Å². The van der Waals surface area contributed by atoms with Crippen LogP contribution in [0, 0.1) is 17.8 Å². The zero-order chi connectivity index (χ0) is 57.4. The summed E-state index contributed by atoms with van der Waals surface area (Å²) in [5.74, 6) is -1.61.